The first kappa shape index (κ1) is 11.0. The number of rotatable bonds is 3. The molecule has 1 aromatic carbocycles. The zero-order valence-corrected chi connectivity index (χ0v) is 9.29. The molecular formula is C11H11N5O. The quantitative estimate of drug-likeness (QED) is 0.840. The molecule has 0 saturated heterocycles. The van der Waals surface area contributed by atoms with Gasteiger partial charge in [-0.25, -0.2) is 4.68 Å². The van der Waals surface area contributed by atoms with Crippen LogP contribution in [0, 0.1) is 11.3 Å². The summed E-state index contributed by atoms with van der Waals surface area (Å²) in [5.41, 5.74) is 6.87. The average Bonchev–Trinajstić information content (AvgIpc) is 2.71. The largest absolute Gasteiger partial charge is 0.497 e. The Morgan fingerprint density at radius 1 is 1.41 bits per heavy atom. The maximum absolute atomic E-state index is 8.70. The minimum Gasteiger partial charge on any atom is -0.497 e. The Kier molecular flexibility index (Phi) is 2.92. The summed E-state index contributed by atoms with van der Waals surface area (Å²) in [4.78, 5) is 0. The SMILES string of the molecule is COc1ccc(Cn2nnc(C#N)c2N)cc1. The van der Waals surface area contributed by atoms with Crippen molar-refractivity contribution in [3.63, 3.8) is 0 Å². The zero-order chi connectivity index (χ0) is 12.3. The molecule has 0 atom stereocenters. The summed E-state index contributed by atoms with van der Waals surface area (Å²) in [6.45, 7) is 0.477. The van der Waals surface area contributed by atoms with Gasteiger partial charge in [-0.1, -0.05) is 17.3 Å². The van der Waals surface area contributed by atoms with Gasteiger partial charge < -0.3 is 10.5 Å². The number of aromatic nitrogens is 3. The predicted octanol–water partition coefficient (Wildman–Crippen LogP) is 0.789. The summed E-state index contributed by atoms with van der Waals surface area (Å²) in [7, 11) is 1.61. The standard InChI is InChI=1S/C11H11N5O/c1-17-9-4-2-8(3-5-9)7-16-11(13)10(6-12)14-15-16/h2-5H,7,13H2,1H3. The summed E-state index contributed by atoms with van der Waals surface area (Å²) in [6, 6.07) is 9.41. The van der Waals surface area contributed by atoms with Gasteiger partial charge in [0, 0.05) is 0 Å². The van der Waals surface area contributed by atoms with Gasteiger partial charge in [-0.15, -0.1) is 5.10 Å². The minimum absolute atomic E-state index is 0.151. The van der Waals surface area contributed by atoms with Crippen molar-refractivity contribution in [3.8, 4) is 11.8 Å². The molecule has 17 heavy (non-hydrogen) atoms. The van der Waals surface area contributed by atoms with Gasteiger partial charge in [0.15, 0.2) is 5.82 Å². The first-order chi connectivity index (χ1) is 8.24. The van der Waals surface area contributed by atoms with Crippen LogP contribution in [0.5, 0.6) is 5.75 Å². The number of benzene rings is 1. The van der Waals surface area contributed by atoms with Crippen molar-refractivity contribution < 1.29 is 4.74 Å². The van der Waals surface area contributed by atoms with Crippen LogP contribution in [0.2, 0.25) is 0 Å². The monoisotopic (exact) mass is 229 g/mol. The van der Waals surface area contributed by atoms with Crippen LogP contribution in [0.25, 0.3) is 0 Å². The smallest absolute Gasteiger partial charge is 0.206 e. The number of anilines is 1. The van der Waals surface area contributed by atoms with Crippen LogP contribution >= 0.6 is 0 Å². The Labute approximate surface area is 98.2 Å². The van der Waals surface area contributed by atoms with Crippen molar-refractivity contribution in [2.45, 2.75) is 6.54 Å². The lowest BCUT2D eigenvalue weighted by Crippen LogP contribution is -2.06. The summed E-state index contributed by atoms with van der Waals surface area (Å²) in [5, 5.41) is 16.2. The first-order valence-electron chi connectivity index (χ1n) is 4.96. The third-order valence-corrected chi connectivity index (χ3v) is 2.37. The van der Waals surface area contributed by atoms with E-state index in [0.29, 0.717) is 6.54 Å². The minimum atomic E-state index is 0.151. The lowest BCUT2D eigenvalue weighted by Gasteiger charge is -2.04. The van der Waals surface area contributed by atoms with E-state index in [1.165, 1.54) is 4.68 Å². The third kappa shape index (κ3) is 2.18. The molecule has 0 fully saturated rings. The zero-order valence-electron chi connectivity index (χ0n) is 9.29. The van der Waals surface area contributed by atoms with Gasteiger partial charge in [0.25, 0.3) is 0 Å². The van der Waals surface area contributed by atoms with E-state index >= 15 is 0 Å². The van der Waals surface area contributed by atoms with E-state index in [4.69, 9.17) is 15.7 Å². The van der Waals surface area contributed by atoms with Crippen molar-refractivity contribution >= 4 is 5.82 Å². The molecule has 0 radical (unpaired) electrons. The predicted molar refractivity (Wildman–Crippen MR) is 61.2 cm³/mol. The Morgan fingerprint density at radius 3 is 2.65 bits per heavy atom. The summed E-state index contributed by atoms with van der Waals surface area (Å²) in [6.07, 6.45) is 0. The Hall–Kier alpha value is -2.55. The van der Waals surface area contributed by atoms with Crippen molar-refractivity contribution in [1.82, 2.24) is 15.0 Å². The lowest BCUT2D eigenvalue weighted by molar-refractivity contribution is 0.414. The lowest BCUT2D eigenvalue weighted by atomic mass is 10.2. The fraction of sp³-hybridized carbons (Fsp3) is 0.182. The van der Waals surface area contributed by atoms with Gasteiger partial charge in [-0.05, 0) is 17.7 Å². The van der Waals surface area contributed by atoms with Crippen LogP contribution in [-0.2, 0) is 6.54 Å². The van der Waals surface area contributed by atoms with Crippen molar-refractivity contribution in [1.29, 1.82) is 5.26 Å². The second-order valence-electron chi connectivity index (χ2n) is 3.44. The molecule has 0 amide bonds. The van der Waals surface area contributed by atoms with Gasteiger partial charge >= 0.3 is 0 Å². The van der Waals surface area contributed by atoms with E-state index in [9.17, 15) is 0 Å². The van der Waals surface area contributed by atoms with Crippen LogP contribution < -0.4 is 10.5 Å². The van der Waals surface area contributed by atoms with E-state index in [2.05, 4.69) is 10.3 Å². The Balaban J connectivity index is 2.20. The van der Waals surface area contributed by atoms with Crippen LogP contribution in [0.3, 0.4) is 0 Å². The van der Waals surface area contributed by atoms with Crippen molar-refractivity contribution in [2.75, 3.05) is 12.8 Å². The molecule has 0 unspecified atom stereocenters. The molecule has 86 valence electrons. The van der Waals surface area contributed by atoms with Crippen LogP contribution in [-0.4, -0.2) is 22.1 Å². The van der Waals surface area contributed by atoms with Crippen molar-refractivity contribution in [3.05, 3.63) is 35.5 Å². The molecule has 0 aliphatic rings. The van der Waals surface area contributed by atoms with E-state index < -0.39 is 0 Å². The highest BCUT2D eigenvalue weighted by molar-refractivity contribution is 5.43. The fourth-order valence-corrected chi connectivity index (χ4v) is 1.42. The molecule has 2 aromatic rings. The highest BCUT2D eigenvalue weighted by Crippen LogP contribution is 2.14. The number of ether oxygens (including phenoxy) is 1. The van der Waals surface area contributed by atoms with E-state index in [1.807, 2.05) is 30.3 Å². The molecule has 0 aliphatic heterocycles. The molecule has 0 spiro atoms. The number of nitriles is 1. The summed E-state index contributed by atoms with van der Waals surface area (Å²) < 4.78 is 6.55. The molecule has 1 heterocycles. The first-order valence-corrected chi connectivity index (χ1v) is 4.96. The average molecular weight is 229 g/mol. The maximum atomic E-state index is 8.70. The topological polar surface area (TPSA) is 89.8 Å². The van der Waals surface area contributed by atoms with E-state index in [-0.39, 0.29) is 11.5 Å². The fourth-order valence-electron chi connectivity index (χ4n) is 1.42. The molecule has 6 heteroatoms. The maximum Gasteiger partial charge on any atom is 0.206 e. The highest BCUT2D eigenvalue weighted by atomic mass is 16.5. The summed E-state index contributed by atoms with van der Waals surface area (Å²) in [5.74, 6) is 1.07. The second kappa shape index (κ2) is 4.53. The molecule has 6 nitrogen and oxygen atoms in total. The molecule has 0 bridgehead atoms. The second-order valence-corrected chi connectivity index (χ2v) is 3.44. The normalized spacial score (nSPS) is 9.88. The van der Waals surface area contributed by atoms with E-state index in [1.54, 1.807) is 7.11 Å². The molecule has 0 saturated carbocycles. The molecule has 2 rings (SSSR count). The van der Waals surface area contributed by atoms with Gasteiger partial charge in [0.05, 0.1) is 13.7 Å². The molecule has 0 aliphatic carbocycles. The molecular weight excluding hydrogens is 218 g/mol. The number of nitrogen functional groups attached to an aromatic ring is 1. The summed E-state index contributed by atoms with van der Waals surface area (Å²) >= 11 is 0. The van der Waals surface area contributed by atoms with Crippen LogP contribution in [0.15, 0.2) is 24.3 Å². The van der Waals surface area contributed by atoms with Crippen LogP contribution in [0.1, 0.15) is 11.3 Å². The molecule has 2 N–H and O–H groups in total. The highest BCUT2D eigenvalue weighted by Gasteiger charge is 2.08. The Bertz CT molecular complexity index is 552. The van der Waals surface area contributed by atoms with Crippen LogP contribution in [0.4, 0.5) is 5.82 Å². The van der Waals surface area contributed by atoms with Gasteiger partial charge in [-0.2, -0.15) is 5.26 Å². The van der Waals surface area contributed by atoms with Gasteiger partial charge in [0.2, 0.25) is 5.69 Å². The third-order valence-electron chi connectivity index (χ3n) is 2.37. The van der Waals surface area contributed by atoms with E-state index in [0.717, 1.165) is 11.3 Å². The number of nitrogens with two attached hydrogens (primary N) is 1. The number of methoxy groups -OCH3 is 1. The number of hydrogen-bond acceptors (Lipinski definition) is 5. The van der Waals surface area contributed by atoms with Gasteiger partial charge in [0.1, 0.15) is 11.8 Å². The number of hydrogen-bond donors (Lipinski definition) is 1. The molecule has 1 aromatic heterocycles. The Morgan fingerprint density at radius 2 is 2.12 bits per heavy atom. The number of nitrogens with zero attached hydrogens (tertiary/aromatic N) is 4. The van der Waals surface area contributed by atoms with Crippen molar-refractivity contribution in [2.24, 2.45) is 0 Å². The van der Waals surface area contributed by atoms with Gasteiger partial charge in [-0.3, -0.25) is 0 Å².